The normalized spacial score (nSPS) is 11.6. The predicted octanol–water partition coefficient (Wildman–Crippen LogP) is 3.88. The van der Waals surface area contributed by atoms with Gasteiger partial charge in [0, 0.05) is 28.9 Å². The highest BCUT2D eigenvalue weighted by molar-refractivity contribution is 8.00. The highest BCUT2D eigenvalue weighted by Gasteiger charge is 2.19. The lowest BCUT2D eigenvalue weighted by Gasteiger charge is -2.12. The zero-order valence-corrected chi connectivity index (χ0v) is 14.3. The average molecular weight is 326 g/mol. The topological polar surface area (TPSA) is 93.2 Å². The van der Waals surface area contributed by atoms with E-state index in [4.69, 9.17) is 0 Å². The molecule has 3 N–H and O–H groups in total. The Morgan fingerprint density at radius 2 is 2.09 bits per heavy atom. The minimum absolute atomic E-state index is 0.0654. The summed E-state index contributed by atoms with van der Waals surface area (Å²) in [5.41, 5.74) is 3.48. The molecule has 6 nitrogen and oxygen atoms in total. The van der Waals surface area contributed by atoms with E-state index in [1.807, 2.05) is 19.1 Å². The van der Waals surface area contributed by atoms with Gasteiger partial charge >= 0.3 is 0 Å². The fraction of sp³-hybridized carbons (Fsp3) is 0.312. The molecule has 23 heavy (non-hydrogen) atoms. The number of aromatic amines is 2. The van der Waals surface area contributed by atoms with Gasteiger partial charge in [0.1, 0.15) is 11.9 Å². The second-order valence-electron chi connectivity index (χ2n) is 6.41. The Kier molecular flexibility index (Phi) is 3.78. The summed E-state index contributed by atoms with van der Waals surface area (Å²) >= 11 is 1.34. The quantitative estimate of drug-likeness (QED) is 0.635. The number of hydrogen-bond acceptors (Lipinski definition) is 5. The van der Waals surface area contributed by atoms with Crippen molar-refractivity contribution in [2.75, 3.05) is 4.72 Å². The average Bonchev–Trinajstić information content (AvgIpc) is 3.13. The number of nitriles is 1. The van der Waals surface area contributed by atoms with Crippen LogP contribution in [0.1, 0.15) is 37.7 Å². The maximum absolute atomic E-state index is 9.21. The van der Waals surface area contributed by atoms with Crippen LogP contribution in [0.3, 0.4) is 0 Å². The van der Waals surface area contributed by atoms with Gasteiger partial charge in [-0.1, -0.05) is 26.8 Å². The van der Waals surface area contributed by atoms with Gasteiger partial charge in [0.05, 0.1) is 16.8 Å². The Bertz CT molecular complexity index is 894. The number of aromatic nitrogens is 4. The van der Waals surface area contributed by atoms with Gasteiger partial charge in [-0.15, -0.1) is 5.10 Å². The zero-order valence-electron chi connectivity index (χ0n) is 13.5. The van der Waals surface area contributed by atoms with Gasteiger partial charge in [-0.3, -0.25) is 5.10 Å². The molecule has 2 aromatic heterocycles. The molecule has 0 bridgehead atoms. The largest absolute Gasteiger partial charge is 0.358 e. The van der Waals surface area contributed by atoms with Crippen molar-refractivity contribution in [3.63, 3.8) is 0 Å². The van der Waals surface area contributed by atoms with E-state index in [2.05, 4.69) is 51.7 Å². The predicted molar refractivity (Wildman–Crippen MR) is 92.3 cm³/mol. The van der Waals surface area contributed by atoms with Crippen molar-refractivity contribution in [2.24, 2.45) is 0 Å². The number of nitrogens with one attached hydrogen (secondary N) is 3. The van der Waals surface area contributed by atoms with Crippen LogP contribution in [0.15, 0.2) is 23.5 Å². The summed E-state index contributed by atoms with van der Waals surface area (Å²) in [6, 6.07) is 6.20. The van der Waals surface area contributed by atoms with Crippen LogP contribution in [0.5, 0.6) is 0 Å². The van der Waals surface area contributed by atoms with Gasteiger partial charge in [-0.25, -0.2) is 4.98 Å². The van der Waals surface area contributed by atoms with Crippen LogP contribution in [0.25, 0.3) is 10.9 Å². The molecular formula is C16H18N6S. The standard InChI is InChI=1S/C16H18N6S/c1-9-5-6-11(13-12(9)10(7-17)8-18-13)22-23-15-19-14(20-21-15)16(2,3)4/h5-6,8,18,22H,1-4H3,(H,19,20,21). The maximum atomic E-state index is 9.21. The van der Waals surface area contributed by atoms with Crippen LogP contribution in [-0.4, -0.2) is 20.2 Å². The highest BCUT2D eigenvalue weighted by atomic mass is 32.2. The number of nitrogens with zero attached hydrogens (tertiary/aromatic N) is 3. The molecule has 0 radical (unpaired) electrons. The summed E-state index contributed by atoms with van der Waals surface area (Å²) in [6.07, 6.45) is 1.73. The molecule has 2 heterocycles. The monoisotopic (exact) mass is 326 g/mol. The summed E-state index contributed by atoms with van der Waals surface area (Å²) in [6.45, 7) is 8.25. The van der Waals surface area contributed by atoms with Gasteiger partial charge in [-0.2, -0.15) is 5.26 Å². The molecule has 0 saturated heterocycles. The van der Waals surface area contributed by atoms with E-state index in [1.165, 1.54) is 11.9 Å². The molecule has 0 aliphatic heterocycles. The Morgan fingerprint density at radius 3 is 2.74 bits per heavy atom. The van der Waals surface area contributed by atoms with Crippen molar-refractivity contribution in [3.05, 3.63) is 35.3 Å². The Balaban J connectivity index is 1.86. The Morgan fingerprint density at radius 1 is 1.30 bits per heavy atom. The fourth-order valence-corrected chi connectivity index (χ4v) is 2.92. The minimum atomic E-state index is -0.0654. The number of benzene rings is 1. The third-order valence-corrected chi connectivity index (χ3v) is 4.28. The van der Waals surface area contributed by atoms with Crippen LogP contribution in [-0.2, 0) is 5.41 Å². The molecule has 3 aromatic rings. The third kappa shape index (κ3) is 2.90. The first-order chi connectivity index (χ1) is 10.9. The second-order valence-corrected chi connectivity index (χ2v) is 7.19. The van der Waals surface area contributed by atoms with Crippen molar-refractivity contribution < 1.29 is 0 Å². The third-order valence-electron chi connectivity index (χ3n) is 3.59. The number of rotatable bonds is 3. The van der Waals surface area contributed by atoms with Gasteiger partial charge in [0.25, 0.3) is 0 Å². The summed E-state index contributed by atoms with van der Waals surface area (Å²) in [5.74, 6) is 0.850. The van der Waals surface area contributed by atoms with Crippen LogP contribution in [0.4, 0.5) is 5.69 Å². The van der Waals surface area contributed by atoms with E-state index in [0.717, 1.165) is 28.0 Å². The second kappa shape index (κ2) is 5.63. The van der Waals surface area contributed by atoms with E-state index in [-0.39, 0.29) is 5.41 Å². The summed E-state index contributed by atoms with van der Waals surface area (Å²) in [4.78, 5) is 7.65. The Hall–Kier alpha value is -2.46. The number of hydrogen-bond donors (Lipinski definition) is 3. The molecule has 3 rings (SSSR count). The minimum Gasteiger partial charge on any atom is -0.358 e. The van der Waals surface area contributed by atoms with Crippen LogP contribution in [0.2, 0.25) is 0 Å². The first kappa shape index (κ1) is 15.4. The maximum Gasteiger partial charge on any atom is 0.228 e. The van der Waals surface area contributed by atoms with E-state index in [0.29, 0.717) is 10.7 Å². The van der Waals surface area contributed by atoms with Crippen molar-refractivity contribution in [2.45, 2.75) is 38.3 Å². The number of H-pyrrole nitrogens is 2. The first-order valence-electron chi connectivity index (χ1n) is 7.26. The zero-order chi connectivity index (χ0) is 16.6. The summed E-state index contributed by atoms with van der Waals surface area (Å²) in [5, 5.41) is 18.0. The molecule has 0 aliphatic carbocycles. The molecule has 0 fully saturated rings. The Labute approximate surface area is 138 Å². The molecular weight excluding hydrogens is 308 g/mol. The molecule has 1 aromatic carbocycles. The van der Waals surface area contributed by atoms with Gasteiger partial charge in [-0.05, 0) is 18.6 Å². The van der Waals surface area contributed by atoms with Crippen molar-refractivity contribution in [1.82, 2.24) is 20.2 Å². The summed E-state index contributed by atoms with van der Waals surface area (Å²) < 4.78 is 3.26. The van der Waals surface area contributed by atoms with E-state index in [9.17, 15) is 5.26 Å². The van der Waals surface area contributed by atoms with Crippen molar-refractivity contribution >= 4 is 28.5 Å². The molecule has 0 amide bonds. The van der Waals surface area contributed by atoms with Crippen LogP contribution < -0.4 is 4.72 Å². The van der Waals surface area contributed by atoms with E-state index < -0.39 is 0 Å². The van der Waals surface area contributed by atoms with Crippen LogP contribution >= 0.6 is 11.9 Å². The highest BCUT2D eigenvalue weighted by Crippen LogP contribution is 2.31. The number of anilines is 1. The number of aryl methyl sites for hydroxylation is 1. The molecule has 0 unspecified atom stereocenters. The SMILES string of the molecule is Cc1ccc(NSc2n[nH]c(C(C)(C)C)n2)c2[nH]cc(C#N)c12. The van der Waals surface area contributed by atoms with Gasteiger partial charge in [0.2, 0.25) is 5.16 Å². The smallest absolute Gasteiger partial charge is 0.228 e. The number of fused-ring (bicyclic) bond motifs is 1. The molecule has 0 spiro atoms. The molecule has 7 heteroatoms. The van der Waals surface area contributed by atoms with E-state index >= 15 is 0 Å². The van der Waals surface area contributed by atoms with Crippen molar-refractivity contribution in [3.8, 4) is 6.07 Å². The van der Waals surface area contributed by atoms with E-state index in [1.54, 1.807) is 6.20 Å². The molecule has 118 valence electrons. The molecule has 0 aliphatic rings. The van der Waals surface area contributed by atoms with Crippen LogP contribution in [0, 0.1) is 18.3 Å². The molecule has 0 atom stereocenters. The van der Waals surface area contributed by atoms with Gasteiger partial charge < -0.3 is 9.71 Å². The fourth-order valence-electron chi connectivity index (χ4n) is 2.32. The molecule has 0 saturated carbocycles. The summed E-state index contributed by atoms with van der Waals surface area (Å²) in [7, 11) is 0. The lowest BCUT2D eigenvalue weighted by atomic mass is 9.96. The van der Waals surface area contributed by atoms with Crippen molar-refractivity contribution in [1.29, 1.82) is 5.26 Å². The first-order valence-corrected chi connectivity index (χ1v) is 8.08. The van der Waals surface area contributed by atoms with Gasteiger partial charge in [0.15, 0.2) is 0 Å². The lowest BCUT2D eigenvalue weighted by molar-refractivity contribution is 0.547. The lowest BCUT2D eigenvalue weighted by Crippen LogP contribution is -2.13.